The van der Waals surface area contributed by atoms with Gasteiger partial charge in [0.25, 0.3) is 0 Å². The molecule has 1 aliphatic rings. The van der Waals surface area contributed by atoms with Crippen molar-refractivity contribution in [3.8, 4) is 0 Å². The Morgan fingerprint density at radius 1 is 1.30 bits per heavy atom. The van der Waals surface area contributed by atoms with Crippen molar-refractivity contribution in [2.24, 2.45) is 5.41 Å². The summed E-state index contributed by atoms with van der Waals surface area (Å²) >= 11 is 0. The first kappa shape index (κ1) is 15.3. The number of nitrogens with two attached hydrogens (primary N) is 1. The van der Waals surface area contributed by atoms with E-state index in [4.69, 9.17) is 5.73 Å². The van der Waals surface area contributed by atoms with Gasteiger partial charge < -0.3 is 10.8 Å². The molecule has 0 bridgehead atoms. The van der Waals surface area contributed by atoms with Crippen molar-refractivity contribution >= 4 is 15.7 Å². The molecule has 0 aromatic heterocycles. The van der Waals surface area contributed by atoms with Crippen LogP contribution in [0.1, 0.15) is 31.2 Å². The molecular formula is C14H22N2O3S. The number of rotatable bonds is 6. The monoisotopic (exact) mass is 298 g/mol. The minimum Gasteiger partial charge on any atom is -0.399 e. The quantitative estimate of drug-likeness (QED) is 0.689. The summed E-state index contributed by atoms with van der Waals surface area (Å²) in [5.41, 5.74) is 6.59. The van der Waals surface area contributed by atoms with E-state index in [0.717, 1.165) is 25.7 Å². The van der Waals surface area contributed by atoms with E-state index < -0.39 is 10.0 Å². The first-order valence-corrected chi connectivity index (χ1v) is 8.53. The number of nitrogens with one attached hydrogen (secondary N) is 1. The first-order valence-electron chi connectivity index (χ1n) is 6.87. The minimum atomic E-state index is -3.40. The lowest BCUT2D eigenvalue weighted by Crippen LogP contribution is -2.38. The number of hydrogen-bond donors (Lipinski definition) is 3. The highest BCUT2D eigenvalue weighted by atomic mass is 32.2. The fraction of sp³-hybridized carbons (Fsp3) is 0.571. The Bertz CT molecular complexity index is 551. The maximum atomic E-state index is 12.1. The van der Waals surface area contributed by atoms with Gasteiger partial charge in [0.1, 0.15) is 0 Å². The fourth-order valence-corrected chi connectivity index (χ4v) is 3.98. The molecule has 0 unspecified atom stereocenters. The summed E-state index contributed by atoms with van der Waals surface area (Å²) in [4.78, 5) is 0. The van der Waals surface area contributed by atoms with Crippen molar-refractivity contribution in [3.05, 3.63) is 29.8 Å². The van der Waals surface area contributed by atoms with Crippen LogP contribution in [0.3, 0.4) is 0 Å². The number of aliphatic hydroxyl groups excluding tert-OH is 1. The third-order valence-electron chi connectivity index (χ3n) is 3.97. The summed E-state index contributed by atoms with van der Waals surface area (Å²) in [6, 6.07) is 6.87. The number of aliphatic hydroxyl groups is 1. The summed E-state index contributed by atoms with van der Waals surface area (Å²) in [5, 5.41) is 9.49. The molecule has 1 saturated carbocycles. The molecule has 0 amide bonds. The molecule has 1 aliphatic carbocycles. The van der Waals surface area contributed by atoms with E-state index in [-0.39, 0.29) is 17.8 Å². The number of sulfonamides is 1. The average molecular weight is 298 g/mol. The molecule has 1 aromatic carbocycles. The molecule has 6 heteroatoms. The lowest BCUT2D eigenvalue weighted by atomic mass is 9.88. The van der Waals surface area contributed by atoms with Crippen molar-refractivity contribution in [2.75, 3.05) is 18.9 Å². The van der Waals surface area contributed by atoms with Crippen LogP contribution in [0.2, 0.25) is 0 Å². The van der Waals surface area contributed by atoms with Crippen LogP contribution in [0, 0.1) is 5.41 Å². The van der Waals surface area contributed by atoms with Gasteiger partial charge in [-0.1, -0.05) is 25.0 Å². The van der Waals surface area contributed by atoms with Gasteiger partial charge in [-0.3, -0.25) is 0 Å². The van der Waals surface area contributed by atoms with Gasteiger partial charge in [-0.2, -0.15) is 0 Å². The summed E-state index contributed by atoms with van der Waals surface area (Å²) < 4.78 is 26.8. The van der Waals surface area contributed by atoms with Crippen LogP contribution in [0.25, 0.3) is 0 Å². The zero-order chi connectivity index (χ0) is 14.6. The molecule has 0 radical (unpaired) electrons. The zero-order valence-corrected chi connectivity index (χ0v) is 12.3. The van der Waals surface area contributed by atoms with Gasteiger partial charge in [-0.05, 0) is 30.5 Å². The van der Waals surface area contributed by atoms with Gasteiger partial charge in [0.2, 0.25) is 10.0 Å². The zero-order valence-electron chi connectivity index (χ0n) is 11.5. The largest absolute Gasteiger partial charge is 0.399 e. The molecule has 0 saturated heterocycles. The molecule has 0 atom stereocenters. The van der Waals surface area contributed by atoms with Crippen LogP contribution in [0.5, 0.6) is 0 Å². The molecule has 1 aromatic rings. The van der Waals surface area contributed by atoms with E-state index in [0.29, 0.717) is 17.8 Å². The second-order valence-corrected chi connectivity index (χ2v) is 7.50. The topological polar surface area (TPSA) is 92.4 Å². The third kappa shape index (κ3) is 3.94. The summed E-state index contributed by atoms with van der Waals surface area (Å²) in [5.74, 6) is -0.0838. The number of nitrogen functional groups attached to an aromatic ring is 1. The molecule has 1 fully saturated rings. The normalized spacial score (nSPS) is 18.2. The summed E-state index contributed by atoms with van der Waals surface area (Å²) in [7, 11) is -3.40. The van der Waals surface area contributed by atoms with Crippen LogP contribution in [-0.4, -0.2) is 26.7 Å². The fourth-order valence-electron chi connectivity index (χ4n) is 2.73. The number of hydrogen-bond acceptors (Lipinski definition) is 4. The highest BCUT2D eigenvalue weighted by Gasteiger charge is 2.34. The molecule has 0 heterocycles. The van der Waals surface area contributed by atoms with E-state index in [1.165, 1.54) is 0 Å². The van der Waals surface area contributed by atoms with Crippen molar-refractivity contribution in [3.63, 3.8) is 0 Å². The Hall–Kier alpha value is -1.11. The minimum absolute atomic E-state index is 0.0355. The highest BCUT2D eigenvalue weighted by molar-refractivity contribution is 7.88. The molecule has 4 N–H and O–H groups in total. The Morgan fingerprint density at radius 3 is 2.60 bits per heavy atom. The molecular weight excluding hydrogens is 276 g/mol. The van der Waals surface area contributed by atoms with Gasteiger partial charge in [0, 0.05) is 24.3 Å². The summed E-state index contributed by atoms with van der Waals surface area (Å²) in [6.07, 6.45) is 3.86. The Morgan fingerprint density at radius 2 is 2.00 bits per heavy atom. The van der Waals surface area contributed by atoms with Crippen molar-refractivity contribution < 1.29 is 13.5 Å². The van der Waals surface area contributed by atoms with Gasteiger partial charge in [0.15, 0.2) is 0 Å². The smallest absolute Gasteiger partial charge is 0.215 e. The van der Waals surface area contributed by atoms with Gasteiger partial charge in [-0.25, -0.2) is 13.1 Å². The third-order valence-corrected chi connectivity index (χ3v) is 5.27. The predicted molar refractivity (Wildman–Crippen MR) is 79.5 cm³/mol. The summed E-state index contributed by atoms with van der Waals surface area (Å²) in [6.45, 7) is 0.349. The van der Waals surface area contributed by atoms with Crippen molar-refractivity contribution in [1.29, 1.82) is 0 Å². The lowest BCUT2D eigenvalue weighted by Gasteiger charge is -2.26. The molecule has 5 nitrogen and oxygen atoms in total. The highest BCUT2D eigenvalue weighted by Crippen LogP contribution is 2.37. The van der Waals surface area contributed by atoms with E-state index in [9.17, 15) is 13.5 Å². The van der Waals surface area contributed by atoms with Crippen LogP contribution >= 0.6 is 0 Å². The second-order valence-electron chi connectivity index (χ2n) is 5.69. The average Bonchev–Trinajstić information content (AvgIpc) is 2.86. The van der Waals surface area contributed by atoms with E-state index >= 15 is 0 Å². The molecule has 20 heavy (non-hydrogen) atoms. The number of anilines is 1. The maximum absolute atomic E-state index is 12.1. The SMILES string of the molecule is Nc1cccc(CS(=O)(=O)NCC2(CO)CCCC2)c1. The van der Waals surface area contributed by atoms with E-state index in [2.05, 4.69) is 4.72 Å². The van der Waals surface area contributed by atoms with Crippen LogP contribution in [0.15, 0.2) is 24.3 Å². The standard InChI is InChI=1S/C14H22N2O3S/c15-13-5-3-4-12(8-13)9-20(18,19)16-10-14(11-17)6-1-2-7-14/h3-5,8,16-17H,1-2,6-7,9-11,15H2. The van der Waals surface area contributed by atoms with E-state index in [1.54, 1.807) is 24.3 Å². The molecule has 2 rings (SSSR count). The van der Waals surface area contributed by atoms with Gasteiger partial charge in [0.05, 0.1) is 5.75 Å². The number of benzene rings is 1. The van der Waals surface area contributed by atoms with Gasteiger partial charge >= 0.3 is 0 Å². The Balaban J connectivity index is 1.97. The Kier molecular flexibility index (Phi) is 4.67. The van der Waals surface area contributed by atoms with Crippen molar-refractivity contribution in [1.82, 2.24) is 4.72 Å². The van der Waals surface area contributed by atoms with Gasteiger partial charge in [-0.15, -0.1) is 0 Å². The first-order chi connectivity index (χ1) is 9.45. The molecule has 0 spiro atoms. The predicted octanol–water partition coefficient (Wildman–Crippen LogP) is 1.24. The Labute approximate surface area is 120 Å². The van der Waals surface area contributed by atoms with Crippen LogP contribution in [-0.2, 0) is 15.8 Å². The van der Waals surface area contributed by atoms with Crippen LogP contribution < -0.4 is 10.5 Å². The van der Waals surface area contributed by atoms with Crippen molar-refractivity contribution in [2.45, 2.75) is 31.4 Å². The van der Waals surface area contributed by atoms with Crippen LogP contribution in [0.4, 0.5) is 5.69 Å². The second kappa shape index (κ2) is 6.11. The lowest BCUT2D eigenvalue weighted by molar-refractivity contribution is 0.134. The molecule has 112 valence electrons. The molecule has 0 aliphatic heterocycles. The maximum Gasteiger partial charge on any atom is 0.215 e. The van der Waals surface area contributed by atoms with E-state index in [1.807, 2.05) is 0 Å².